The normalized spacial score (nSPS) is 17.0. The van der Waals surface area contributed by atoms with Gasteiger partial charge in [-0.25, -0.2) is 8.42 Å². The van der Waals surface area contributed by atoms with Crippen molar-refractivity contribution in [2.75, 3.05) is 27.2 Å². The van der Waals surface area contributed by atoms with E-state index >= 15 is 0 Å². The zero-order valence-corrected chi connectivity index (χ0v) is 18.6. The number of rotatable bonds is 5. The van der Waals surface area contributed by atoms with Gasteiger partial charge in [-0.3, -0.25) is 4.99 Å². The number of aliphatic imine (C=N–C) groups is 1. The maximum atomic E-state index is 12.6. The average molecular weight is 536 g/mol. The standard InChI is InChI=1S/C16H23F3N4O3S.HI/c1-20-15(21-11-12-3-5-14(26-2)6-4-12)22-13-7-9-23(10-8-13)27(24,25)16(17,18)19;/h3-6,13H,7-11H2,1-2H3,(H2,20,21,22);1H. The van der Waals surface area contributed by atoms with Crippen LogP contribution in [-0.4, -0.2) is 57.5 Å². The predicted octanol–water partition coefficient (Wildman–Crippen LogP) is 2.29. The molecule has 0 aliphatic carbocycles. The van der Waals surface area contributed by atoms with E-state index in [1.165, 1.54) is 0 Å². The number of nitrogens with zero attached hydrogens (tertiary/aromatic N) is 2. The van der Waals surface area contributed by atoms with E-state index in [1.54, 1.807) is 14.2 Å². The minimum Gasteiger partial charge on any atom is -0.497 e. The third-order valence-corrected chi connectivity index (χ3v) is 5.90. The molecule has 7 nitrogen and oxygen atoms in total. The number of sulfonamides is 1. The molecule has 0 unspecified atom stereocenters. The van der Waals surface area contributed by atoms with Gasteiger partial charge in [0.2, 0.25) is 0 Å². The van der Waals surface area contributed by atoms with Crippen LogP contribution in [0.4, 0.5) is 13.2 Å². The summed E-state index contributed by atoms with van der Waals surface area (Å²) < 4.78 is 66.3. The number of methoxy groups -OCH3 is 1. The van der Waals surface area contributed by atoms with Crippen molar-refractivity contribution in [1.29, 1.82) is 0 Å². The molecule has 0 saturated carbocycles. The van der Waals surface area contributed by atoms with Crippen LogP contribution in [-0.2, 0) is 16.6 Å². The van der Waals surface area contributed by atoms with Crippen molar-refractivity contribution in [3.05, 3.63) is 29.8 Å². The zero-order chi connectivity index (χ0) is 20.1. The Bertz CT molecular complexity index is 749. The molecule has 0 radical (unpaired) electrons. The van der Waals surface area contributed by atoms with Crippen LogP contribution in [0.2, 0.25) is 0 Å². The van der Waals surface area contributed by atoms with Crippen molar-refractivity contribution in [3.8, 4) is 5.75 Å². The number of nitrogens with one attached hydrogen (secondary N) is 2. The van der Waals surface area contributed by atoms with Gasteiger partial charge in [0.1, 0.15) is 5.75 Å². The van der Waals surface area contributed by atoms with E-state index in [0.717, 1.165) is 11.3 Å². The van der Waals surface area contributed by atoms with Gasteiger partial charge in [-0.1, -0.05) is 12.1 Å². The molecule has 0 spiro atoms. The van der Waals surface area contributed by atoms with Crippen molar-refractivity contribution in [1.82, 2.24) is 14.9 Å². The first-order chi connectivity index (χ1) is 12.7. The van der Waals surface area contributed by atoms with Gasteiger partial charge >= 0.3 is 15.5 Å². The Kier molecular flexibility index (Phi) is 9.27. The number of alkyl halides is 3. The van der Waals surface area contributed by atoms with Crippen molar-refractivity contribution < 1.29 is 26.3 Å². The summed E-state index contributed by atoms with van der Waals surface area (Å²) >= 11 is 0. The summed E-state index contributed by atoms with van der Waals surface area (Å²) in [5, 5.41) is 6.24. The van der Waals surface area contributed by atoms with Gasteiger partial charge in [-0.15, -0.1) is 24.0 Å². The van der Waals surface area contributed by atoms with Gasteiger partial charge in [0.15, 0.2) is 5.96 Å². The van der Waals surface area contributed by atoms with E-state index < -0.39 is 15.5 Å². The number of hydrogen-bond donors (Lipinski definition) is 2. The Morgan fingerprint density at radius 3 is 2.29 bits per heavy atom. The van der Waals surface area contributed by atoms with Gasteiger partial charge in [0, 0.05) is 32.7 Å². The third kappa shape index (κ3) is 6.37. The minimum absolute atomic E-state index is 0. The van der Waals surface area contributed by atoms with Crippen molar-refractivity contribution in [2.45, 2.75) is 30.9 Å². The van der Waals surface area contributed by atoms with Gasteiger partial charge in [-0.2, -0.15) is 17.5 Å². The monoisotopic (exact) mass is 536 g/mol. The van der Waals surface area contributed by atoms with E-state index in [4.69, 9.17) is 4.74 Å². The molecule has 0 amide bonds. The molecule has 28 heavy (non-hydrogen) atoms. The molecular formula is C16H24F3IN4O3S. The van der Waals surface area contributed by atoms with E-state index in [1.807, 2.05) is 24.3 Å². The number of ether oxygens (including phenoxy) is 1. The fraction of sp³-hybridized carbons (Fsp3) is 0.562. The Morgan fingerprint density at radius 2 is 1.82 bits per heavy atom. The average Bonchev–Trinajstić information content (AvgIpc) is 2.65. The molecule has 1 aliphatic rings. The largest absolute Gasteiger partial charge is 0.511 e. The number of hydrogen-bond acceptors (Lipinski definition) is 4. The summed E-state index contributed by atoms with van der Waals surface area (Å²) in [6.07, 6.45) is 0.525. The lowest BCUT2D eigenvalue weighted by molar-refractivity contribution is -0.0494. The van der Waals surface area contributed by atoms with E-state index in [2.05, 4.69) is 15.6 Å². The second-order valence-corrected chi connectivity index (χ2v) is 7.97. The highest BCUT2D eigenvalue weighted by molar-refractivity contribution is 14.0. The first-order valence-corrected chi connectivity index (χ1v) is 9.78. The fourth-order valence-corrected chi connectivity index (χ4v) is 3.69. The van der Waals surface area contributed by atoms with Crippen LogP contribution in [0.25, 0.3) is 0 Å². The molecule has 1 aliphatic heterocycles. The first kappa shape index (κ1) is 24.8. The first-order valence-electron chi connectivity index (χ1n) is 8.34. The highest BCUT2D eigenvalue weighted by Crippen LogP contribution is 2.28. The molecule has 1 aromatic carbocycles. The number of piperidine rings is 1. The summed E-state index contributed by atoms with van der Waals surface area (Å²) in [7, 11) is -2.08. The summed E-state index contributed by atoms with van der Waals surface area (Å²) in [6, 6.07) is 7.32. The molecule has 1 aromatic rings. The lowest BCUT2D eigenvalue weighted by Gasteiger charge is -2.32. The summed E-state index contributed by atoms with van der Waals surface area (Å²) in [5.74, 6) is 1.25. The smallest absolute Gasteiger partial charge is 0.497 e. The SMILES string of the molecule is CN=C(NCc1ccc(OC)cc1)NC1CCN(S(=O)(=O)C(F)(F)F)CC1.I. The van der Waals surface area contributed by atoms with E-state index in [9.17, 15) is 21.6 Å². The van der Waals surface area contributed by atoms with Crippen molar-refractivity contribution in [3.63, 3.8) is 0 Å². The molecule has 2 N–H and O–H groups in total. The van der Waals surface area contributed by atoms with Gasteiger partial charge in [0.25, 0.3) is 0 Å². The second-order valence-electron chi connectivity index (χ2n) is 6.04. The minimum atomic E-state index is -5.26. The summed E-state index contributed by atoms with van der Waals surface area (Å²) in [6.45, 7) is 0.134. The molecule has 160 valence electrons. The maximum Gasteiger partial charge on any atom is 0.511 e. The highest BCUT2D eigenvalue weighted by atomic mass is 127. The van der Waals surface area contributed by atoms with Crippen LogP contribution in [0.15, 0.2) is 29.3 Å². The topological polar surface area (TPSA) is 83.0 Å². The van der Waals surface area contributed by atoms with Crippen LogP contribution in [0.1, 0.15) is 18.4 Å². The zero-order valence-electron chi connectivity index (χ0n) is 15.5. The molecule has 0 atom stereocenters. The summed E-state index contributed by atoms with van der Waals surface area (Å²) in [4.78, 5) is 4.10. The van der Waals surface area contributed by atoms with Gasteiger partial charge < -0.3 is 15.4 Å². The van der Waals surface area contributed by atoms with E-state index in [0.29, 0.717) is 16.8 Å². The van der Waals surface area contributed by atoms with Crippen LogP contribution >= 0.6 is 24.0 Å². The fourth-order valence-electron chi connectivity index (χ4n) is 2.70. The number of guanidine groups is 1. The second kappa shape index (κ2) is 10.5. The van der Waals surface area contributed by atoms with Crippen LogP contribution in [0.3, 0.4) is 0 Å². The van der Waals surface area contributed by atoms with Crippen LogP contribution < -0.4 is 15.4 Å². The van der Waals surface area contributed by atoms with Crippen LogP contribution in [0, 0.1) is 0 Å². The molecule has 0 bridgehead atoms. The molecule has 1 heterocycles. The third-order valence-electron chi connectivity index (χ3n) is 4.27. The van der Waals surface area contributed by atoms with Gasteiger partial charge in [-0.05, 0) is 30.5 Å². The highest BCUT2D eigenvalue weighted by Gasteiger charge is 2.50. The predicted molar refractivity (Wildman–Crippen MR) is 111 cm³/mol. The molecule has 12 heteroatoms. The molecule has 2 rings (SSSR count). The number of halogens is 4. The number of benzene rings is 1. The lowest BCUT2D eigenvalue weighted by atomic mass is 10.1. The lowest BCUT2D eigenvalue weighted by Crippen LogP contribution is -2.51. The molecule has 1 saturated heterocycles. The van der Waals surface area contributed by atoms with Crippen LogP contribution in [0.5, 0.6) is 5.75 Å². The maximum absolute atomic E-state index is 12.6. The summed E-state index contributed by atoms with van der Waals surface area (Å²) in [5.41, 5.74) is -4.26. The Labute approximate surface area is 179 Å². The Hall–Kier alpha value is -1.28. The quantitative estimate of drug-likeness (QED) is 0.343. The van der Waals surface area contributed by atoms with E-state index in [-0.39, 0.29) is 55.9 Å². The molecule has 1 fully saturated rings. The molecular weight excluding hydrogens is 512 g/mol. The Morgan fingerprint density at radius 1 is 1.25 bits per heavy atom. The van der Waals surface area contributed by atoms with Crippen molar-refractivity contribution >= 4 is 40.0 Å². The Balaban J connectivity index is 0.00000392. The van der Waals surface area contributed by atoms with Gasteiger partial charge in [0.05, 0.1) is 7.11 Å². The van der Waals surface area contributed by atoms with Crippen molar-refractivity contribution in [2.24, 2.45) is 4.99 Å². The molecule has 0 aromatic heterocycles.